The Kier molecular flexibility index (Phi) is 7.02. The number of nitrogens with one attached hydrogen (secondary N) is 2. The van der Waals surface area contributed by atoms with Crippen LogP contribution in [0.5, 0.6) is 0 Å². The SMILES string of the molecule is CCOC(=O)C1CCC(O)(c2ccc(Nc3nn([C@H]4CCCC[C@@H]4C#N)c4cc[nH]c(=O)c34)cc2)CC1. The van der Waals surface area contributed by atoms with E-state index < -0.39 is 5.60 Å². The second-order valence-electron chi connectivity index (χ2n) is 10.2. The normalized spacial score (nSPS) is 25.9. The van der Waals surface area contributed by atoms with E-state index in [-0.39, 0.29) is 29.4 Å². The number of aliphatic hydroxyl groups is 1. The van der Waals surface area contributed by atoms with Gasteiger partial charge in [-0.2, -0.15) is 10.4 Å². The molecule has 2 atom stereocenters. The first-order chi connectivity index (χ1) is 17.9. The second kappa shape index (κ2) is 10.4. The van der Waals surface area contributed by atoms with E-state index >= 15 is 0 Å². The first-order valence-electron chi connectivity index (χ1n) is 13.2. The minimum Gasteiger partial charge on any atom is -0.466 e. The highest BCUT2D eigenvalue weighted by molar-refractivity contribution is 5.91. The number of esters is 1. The number of H-pyrrole nitrogens is 1. The van der Waals surface area contributed by atoms with Crippen molar-refractivity contribution in [2.75, 3.05) is 11.9 Å². The Morgan fingerprint density at radius 1 is 1.22 bits per heavy atom. The molecular weight excluding hydrogens is 470 g/mol. The summed E-state index contributed by atoms with van der Waals surface area (Å²) < 4.78 is 6.99. The van der Waals surface area contributed by atoms with Crippen LogP contribution in [0.15, 0.2) is 41.3 Å². The van der Waals surface area contributed by atoms with E-state index in [4.69, 9.17) is 9.84 Å². The van der Waals surface area contributed by atoms with Crippen LogP contribution in [-0.4, -0.2) is 32.4 Å². The molecule has 0 bridgehead atoms. The first-order valence-corrected chi connectivity index (χ1v) is 13.2. The van der Waals surface area contributed by atoms with Gasteiger partial charge in [-0.15, -0.1) is 0 Å². The Morgan fingerprint density at radius 3 is 2.65 bits per heavy atom. The number of nitrogens with zero attached hydrogens (tertiary/aromatic N) is 3. The Morgan fingerprint density at radius 2 is 1.95 bits per heavy atom. The number of nitriles is 1. The van der Waals surface area contributed by atoms with E-state index in [2.05, 4.69) is 16.4 Å². The zero-order valence-corrected chi connectivity index (χ0v) is 21.1. The zero-order valence-electron chi connectivity index (χ0n) is 21.1. The van der Waals surface area contributed by atoms with E-state index in [1.807, 2.05) is 35.0 Å². The van der Waals surface area contributed by atoms with Crippen LogP contribution in [-0.2, 0) is 15.1 Å². The fourth-order valence-corrected chi connectivity index (χ4v) is 5.87. The summed E-state index contributed by atoms with van der Waals surface area (Å²) in [5, 5.41) is 29.5. The zero-order chi connectivity index (χ0) is 26.0. The van der Waals surface area contributed by atoms with Gasteiger partial charge in [-0.25, -0.2) is 0 Å². The summed E-state index contributed by atoms with van der Waals surface area (Å²) in [6.45, 7) is 2.17. The molecule has 9 heteroatoms. The number of hydrogen-bond donors (Lipinski definition) is 3. The lowest BCUT2D eigenvalue weighted by molar-refractivity contribution is -0.151. The number of carbonyl (C=O) groups excluding carboxylic acids is 1. The van der Waals surface area contributed by atoms with Gasteiger partial charge < -0.3 is 20.1 Å². The molecule has 0 spiro atoms. The molecule has 37 heavy (non-hydrogen) atoms. The molecule has 0 amide bonds. The minimum absolute atomic E-state index is 0.0695. The van der Waals surface area contributed by atoms with Crippen LogP contribution in [0.1, 0.15) is 69.9 Å². The molecule has 2 aliphatic carbocycles. The van der Waals surface area contributed by atoms with Crippen LogP contribution < -0.4 is 10.9 Å². The third-order valence-corrected chi connectivity index (χ3v) is 7.96. The smallest absolute Gasteiger partial charge is 0.308 e. The molecule has 3 aromatic rings. The fraction of sp³-hybridized carbons (Fsp3) is 0.500. The lowest BCUT2D eigenvalue weighted by Gasteiger charge is -2.35. The van der Waals surface area contributed by atoms with E-state index in [9.17, 15) is 20.0 Å². The summed E-state index contributed by atoms with van der Waals surface area (Å²) in [4.78, 5) is 27.6. The average molecular weight is 504 g/mol. The maximum atomic E-state index is 12.8. The van der Waals surface area contributed by atoms with Gasteiger partial charge in [0, 0.05) is 11.9 Å². The number of hydrogen-bond acceptors (Lipinski definition) is 7. The number of aromatic nitrogens is 3. The molecule has 0 aliphatic heterocycles. The molecule has 1 aromatic carbocycles. The van der Waals surface area contributed by atoms with Gasteiger partial charge in [-0.3, -0.25) is 14.3 Å². The number of ether oxygens (including phenoxy) is 1. The summed E-state index contributed by atoms with van der Waals surface area (Å²) >= 11 is 0. The van der Waals surface area contributed by atoms with Gasteiger partial charge in [0.1, 0.15) is 5.39 Å². The van der Waals surface area contributed by atoms with Crippen molar-refractivity contribution >= 4 is 28.4 Å². The Bertz CT molecular complexity index is 1360. The Labute approximate surface area is 215 Å². The van der Waals surface area contributed by atoms with Gasteiger partial charge in [-0.1, -0.05) is 25.0 Å². The largest absolute Gasteiger partial charge is 0.466 e. The summed E-state index contributed by atoms with van der Waals surface area (Å²) in [5.74, 6) is -0.0315. The molecule has 2 aromatic heterocycles. The van der Waals surface area contributed by atoms with Gasteiger partial charge in [0.05, 0.1) is 41.7 Å². The molecule has 3 N–H and O–H groups in total. The van der Waals surface area contributed by atoms with Crippen molar-refractivity contribution in [2.24, 2.45) is 11.8 Å². The van der Waals surface area contributed by atoms with E-state index in [0.29, 0.717) is 49.0 Å². The average Bonchev–Trinajstić information content (AvgIpc) is 3.28. The van der Waals surface area contributed by atoms with Gasteiger partial charge in [-0.05, 0) is 69.2 Å². The predicted molar refractivity (Wildman–Crippen MR) is 139 cm³/mol. The minimum atomic E-state index is -0.986. The molecule has 9 nitrogen and oxygen atoms in total. The van der Waals surface area contributed by atoms with Crippen LogP contribution in [0.25, 0.3) is 10.9 Å². The highest BCUT2D eigenvalue weighted by Gasteiger charge is 2.37. The second-order valence-corrected chi connectivity index (χ2v) is 10.2. The molecule has 0 unspecified atom stereocenters. The van der Waals surface area contributed by atoms with Crippen LogP contribution in [0.4, 0.5) is 11.5 Å². The molecule has 0 saturated heterocycles. The van der Waals surface area contributed by atoms with E-state index in [1.165, 1.54) is 0 Å². The fourth-order valence-electron chi connectivity index (χ4n) is 5.87. The Hall–Kier alpha value is -3.64. The maximum absolute atomic E-state index is 12.8. The van der Waals surface area contributed by atoms with Crippen molar-refractivity contribution in [3.05, 3.63) is 52.4 Å². The summed E-state index contributed by atoms with van der Waals surface area (Å²) in [6, 6.07) is 11.7. The molecule has 2 fully saturated rings. The van der Waals surface area contributed by atoms with Gasteiger partial charge in [0.2, 0.25) is 0 Å². The van der Waals surface area contributed by atoms with Crippen LogP contribution in [0, 0.1) is 23.2 Å². The van der Waals surface area contributed by atoms with Gasteiger partial charge in [0.25, 0.3) is 5.56 Å². The number of fused-ring (bicyclic) bond motifs is 1. The van der Waals surface area contributed by atoms with E-state index in [1.54, 1.807) is 13.1 Å². The van der Waals surface area contributed by atoms with Gasteiger partial charge >= 0.3 is 5.97 Å². The first kappa shape index (κ1) is 25.0. The van der Waals surface area contributed by atoms with Gasteiger partial charge in [0.15, 0.2) is 5.82 Å². The third-order valence-electron chi connectivity index (χ3n) is 7.96. The topological polar surface area (TPSA) is 133 Å². The van der Waals surface area contributed by atoms with Crippen molar-refractivity contribution in [3.63, 3.8) is 0 Å². The van der Waals surface area contributed by atoms with Crippen LogP contribution in [0.2, 0.25) is 0 Å². The monoisotopic (exact) mass is 503 g/mol. The molecule has 2 saturated carbocycles. The van der Waals surface area contributed by atoms with Crippen molar-refractivity contribution in [2.45, 2.75) is 69.9 Å². The highest BCUT2D eigenvalue weighted by Crippen LogP contribution is 2.41. The maximum Gasteiger partial charge on any atom is 0.308 e. The van der Waals surface area contributed by atoms with Crippen molar-refractivity contribution in [1.29, 1.82) is 5.26 Å². The molecule has 2 heterocycles. The summed E-state index contributed by atoms with van der Waals surface area (Å²) in [7, 11) is 0. The van der Waals surface area contributed by atoms with Crippen molar-refractivity contribution in [1.82, 2.24) is 14.8 Å². The lowest BCUT2D eigenvalue weighted by Crippen LogP contribution is -2.34. The number of anilines is 2. The standard InChI is InChI=1S/C28H33N5O4/c1-2-37-27(35)18-11-14-28(36,15-12-18)20-7-9-21(10-8-20)31-25-24-23(13-16-30-26(24)34)33(32-25)22-6-4-3-5-19(22)17-29/h7-10,13,16,18-19,22,36H,2-6,11-12,14-15H2,1H3,(H,30,34)(H,31,32)/t18?,19-,22+,28?/m1/s1. The highest BCUT2D eigenvalue weighted by atomic mass is 16.5. The number of rotatable bonds is 6. The third kappa shape index (κ3) is 4.86. The molecule has 0 radical (unpaired) electrons. The number of carbonyl (C=O) groups is 1. The van der Waals surface area contributed by atoms with Crippen LogP contribution in [0.3, 0.4) is 0 Å². The molecule has 5 rings (SSSR count). The van der Waals surface area contributed by atoms with Crippen LogP contribution >= 0.6 is 0 Å². The summed E-state index contributed by atoms with van der Waals surface area (Å²) in [5.41, 5.74) is 1.03. The predicted octanol–water partition coefficient (Wildman–Crippen LogP) is 4.66. The quantitative estimate of drug-likeness (QED) is 0.417. The number of pyridine rings is 1. The Balaban J connectivity index is 1.37. The number of benzene rings is 1. The van der Waals surface area contributed by atoms with Crippen molar-refractivity contribution in [3.8, 4) is 6.07 Å². The van der Waals surface area contributed by atoms with E-state index in [0.717, 1.165) is 36.9 Å². The lowest BCUT2D eigenvalue weighted by atomic mass is 9.75. The van der Waals surface area contributed by atoms with Crippen molar-refractivity contribution < 1.29 is 14.6 Å². The molecular formula is C28H33N5O4. The molecule has 2 aliphatic rings. The number of aromatic amines is 1. The molecule has 194 valence electrons. The summed E-state index contributed by atoms with van der Waals surface area (Å²) in [6.07, 6.45) is 7.53.